The van der Waals surface area contributed by atoms with Crippen molar-refractivity contribution in [2.75, 3.05) is 0 Å². The van der Waals surface area contributed by atoms with Crippen LogP contribution in [0.4, 0.5) is 0 Å². The third-order valence-corrected chi connectivity index (χ3v) is 1.79. The minimum absolute atomic E-state index is 0.377. The third-order valence-electron chi connectivity index (χ3n) is 1.79. The number of imidazole rings is 1. The van der Waals surface area contributed by atoms with Gasteiger partial charge in [-0.15, -0.1) is 6.58 Å². The van der Waals surface area contributed by atoms with Crippen LogP contribution in [0, 0.1) is 5.41 Å². The summed E-state index contributed by atoms with van der Waals surface area (Å²) in [6, 6.07) is 0. The summed E-state index contributed by atoms with van der Waals surface area (Å²) in [5.74, 6) is 0. The molecule has 5 nitrogen and oxygen atoms in total. The average Bonchev–Trinajstić information content (AvgIpc) is 2.58. The van der Waals surface area contributed by atoms with E-state index in [0.717, 1.165) is 0 Å². The van der Waals surface area contributed by atoms with E-state index in [0.29, 0.717) is 23.2 Å². The van der Waals surface area contributed by atoms with Crippen LogP contribution < -0.4 is 5.49 Å². The second kappa shape index (κ2) is 2.85. The zero-order chi connectivity index (χ0) is 9.26. The van der Waals surface area contributed by atoms with Gasteiger partial charge in [-0.1, -0.05) is 6.08 Å². The van der Waals surface area contributed by atoms with Gasteiger partial charge in [0, 0.05) is 6.54 Å². The van der Waals surface area contributed by atoms with E-state index < -0.39 is 0 Å². The van der Waals surface area contributed by atoms with E-state index in [1.165, 1.54) is 6.33 Å². The minimum Gasteiger partial charge on any atom is -0.340 e. The van der Waals surface area contributed by atoms with Gasteiger partial charge < -0.3 is 9.55 Å². The van der Waals surface area contributed by atoms with Crippen molar-refractivity contribution in [1.29, 1.82) is 5.41 Å². The Balaban J connectivity index is 2.73. The average molecular weight is 175 g/mol. The summed E-state index contributed by atoms with van der Waals surface area (Å²) in [4.78, 5) is 10.9. The summed E-state index contributed by atoms with van der Waals surface area (Å²) >= 11 is 0. The zero-order valence-corrected chi connectivity index (χ0v) is 6.99. The van der Waals surface area contributed by atoms with Gasteiger partial charge in [0.2, 0.25) is 0 Å². The molecule has 0 aliphatic carbocycles. The molecular formula is C8H9N5. The Morgan fingerprint density at radius 2 is 2.46 bits per heavy atom. The number of aromatic nitrogens is 4. The van der Waals surface area contributed by atoms with Crippen molar-refractivity contribution >= 4 is 11.2 Å². The highest BCUT2D eigenvalue weighted by molar-refractivity contribution is 5.67. The second-order valence-electron chi connectivity index (χ2n) is 2.64. The van der Waals surface area contributed by atoms with Crippen molar-refractivity contribution in [1.82, 2.24) is 19.5 Å². The lowest BCUT2D eigenvalue weighted by Gasteiger charge is -2.00. The molecule has 0 atom stereocenters. The molecule has 0 unspecified atom stereocenters. The number of rotatable bonds is 2. The molecule has 0 radical (unpaired) electrons. The summed E-state index contributed by atoms with van der Waals surface area (Å²) in [6.45, 7) is 4.19. The quantitative estimate of drug-likeness (QED) is 0.649. The number of fused-ring (bicyclic) bond motifs is 1. The molecule has 2 aromatic heterocycles. The molecule has 0 fully saturated rings. The number of hydrogen-bond donors (Lipinski definition) is 2. The van der Waals surface area contributed by atoms with Gasteiger partial charge in [0.15, 0.2) is 11.1 Å². The van der Waals surface area contributed by atoms with E-state index in [9.17, 15) is 0 Å². The fourth-order valence-corrected chi connectivity index (χ4v) is 1.16. The third kappa shape index (κ3) is 1.14. The Labute approximate surface area is 74.3 Å². The van der Waals surface area contributed by atoms with Crippen LogP contribution in [0.5, 0.6) is 0 Å². The smallest absolute Gasteiger partial charge is 0.182 e. The Hall–Kier alpha value is -1.91. The lowest BCUT2D eigenvalue weighted by molar-refractivity contribution is 0.738. The van der Waals surface area contributed by atoms with E-state index in [-0.39, 0.29) is 0 Å². The van der Waals surface area contributed by atoms with Crippen LogP contribution in [0.15, 0.2) is 25.3 Å². The van der Waals surface area contributed by atoms with Crippen molar-refractivity contribution in [3.63, 3.8) is 0 Å². The van der Waals surface area contributed by atoms with Gasteiger partial charge in [-0.05, 0) is 0 Å². The molecule has 0 saturated carbocycles. The standard InChI is InChI=1S/C8H9N5/c1-2-3-13-5-12-8-6(7(13)9)10-4-11-8/h2,4-5,9H,1,3H2,(H,10,11). The summed E-state index contributed by atoms with van der Waals surface area (Å²) < 4.78 is 1.69. The molecule has 0 amide bonds. The number of nitrogens with zero attached hydrogens (tertiary/aromatic N) is 3. The molecule has 5 heteroatoms. The van der Waals surface area contributed by atoms with Crippen LogP contribution >= 0.6 is 0 Å². The van der Waals surface area contributed by atoms with Crippen molar-refractivity contribution in [3.8, 4) is 0 Å². The van der Waals surface area contributed by atoms with E-state index in [1.54, 1.807) is 17.0 Å². The molecule has 2 heterocycles. The van der Waals surface area contributed by atoms with Crippen LogP contribution in [0.3, 0.4) is 0 Å². The fourth-order valence-electron chi connectivity index (χ4n) is 1.16. The minimum atomic E-state index is 0.377. The predicted octanol–water partition coefficient (Wildman–Crippen LogP) is 0.425. The monoisotopic (exact) mass is 175 g/mol. The number of nitrogens with one attached hydrogen (secondary N) is 2. The van der Waals surface area contributed by atoms with E-state index in [1.807, 2.05) is 0 Å². The highest BCUT2D eigenvalue weighted by atomic mass is 15.1. The Bertz CT molecular complexity index is 492. The number of aromatic amines is 1. The highest BCUT2D eigenvalue weighted by Crippen LogP contribution is 1.97. The van der Waals surface area contributed by atoms with Crippen LogP contribution in [0.1, 0.15) is 0 Å². The largest absolute Gasteiger partial charge is 0.340 e. The van der Waals surface area contributed by atoms with E-state index >= 15 is 0 Å². The maximum absolute atomic E-state index is 7.76. The van der Waals surface area contributed by atoms with Crippen molar-refractivity contribution < 1.29 is 0 Å². The molecule has 0 aromatic carbocycles. The SMILES string of the molecule is C=CCn1cnc2nc[nH]c2c1=N. The summed E-state index contributed by atoms with van der Waals surface area (Å²) in [6.07, 6.45) is 4.85. The van der Waals surface area contributed by atoms with Crippen molar-refractivity contribution in [2.45, 2.75) is 6.54 Å². The first-order valence-corrected chi connectivity index (χ1v) is 3.87. The van der Waals surface area contributed by atoms with Gasteiger partial charge in [-0.25, -0.2) is 9.97 Å². The molecule has 13 heavy (non-hydrogen) atoms. The molecule has 2 aromatic rings. The topological polar surface area (TPSA) is 70.3 Å². The Kier molecular flexibility index (Phi) is 1.70. The first-order valence-electron chi connectivity index (χ1n) is 3.87. The van der Waals surface area contributed by atoms with E-state index in [4.69, 9.17) is 5.41 Å². The fraction of sp³-hybridized carbons (Fsp3) is 0.125. The lowest BCUT2D eigenvalue weighted by atomic mass is 10.5. The van der Waals surface area contributed by atoms with Crippen LogP contribution in [-0.2, 0) is 6.54 Å². The number of hydrogen-bond acceptors (Lipinski definition) is 3. The Morgan fingerprint density at radius 1 is 1.62 bits per heavy atom. The Morgan fingerprint density at radius 3 is 3.23 bits per heavy atom. The first kappa shape index (κ1) is 7.72. The molecule has 0 aliphatic rings. The van der Waals surface area contributed by atoms with Gasteiger partial charge in [0.05, 0.1) is 12.7 Å². The molecule has 0 bridgehead atoms. The maximum atomic E-state index is 7.76. The molecule has 2 rings (SSSR count). The van der Waals surface area contributed by atoms with Crippen LogP contribution in [0.2, 0.25) is 0 Å². The molecule has 2 N–H and O–H groups in total. The van der Waals surface area contributed by atoms with Gasteiger partial charge >= 0.3 is 0 Å². The summed E-state index contributed by atoms with van der Waals surface area (Å²) in [5.41, 5.74) is 1.61. The number of allylic oxidation sites excluding steroid dienone is 1. The zero-order valence-electron chi connectivity index (χ0n) is 6.99. The van der Waals surface area contributed by atoms with Crippen molar-refractivity contribution in [2.24, 2.45) is 0 Å². The molecular weight excluding hydrogens is 166 g/mol. The van der Waals surface area contributed by atoms with Crippen molar-refractivity contribution in [3.05, 3.63) is 30.8 Å². The van der Waals surface area contributed by atoms with Crippen LogP contribution in [0.25, 0.3) is 11.2 Å². The highest BCUT2D eigenvalue weighted by Gasteiger charge is 2.00. The molecule has 0 saturated heterocycles. The maximum Gasteiger partial charge on any atom is 0.182 e. The summed E-state index contributed by atoms with van der Waals surface area (Å²) in [7, 11) is 0. The van der Waals surface area contributed by atoms with Gasteiger partial charge in [0.1, 0.15) is 5.52 Å². The van der Waals surface area contributed by atoms with E-state index in [2.05, 4.69) is 21.5 Å². The van der Waals surface area contributed by atoms with Gasteiger partial charge in [-0.2, -0.15) is 0 Å². The van der Waals surface area contributed by atoms with Crippen LogP contribution in [-0.4, -0.2) is 19.5 Å². The lowest BCUT2D eigenvalue weighted by Crippen LogP contribution is -2.20. The molecule has 66 valence electrons. The molecule has 0 aliphatic heterocycles. The number of H-pyrrole nitrogens is 1. The normalized spacial score (nSPS) is 10.5. The van der Waals surface area contributed by atoms with Gasteiger partial charge in [-0.3, -0.25) is 5.41 Å². The predicted molar refractivity (Wildman–Crippen MR) is 47.9 cm³/mol. The van der Waals surface area contributed by atoms with Gasteiger partial charge in [0.25, 0.3) is 0 Å². The first-order chi connectivity index (χ1) is 6.33. The summed E-state index contributed by atoms with van der Waals surface area (Å²) in [5, 5.41) is 7.76. The molecule has 0 spiro atoms. The second-order valence-corrected chi connectivity index (χ2v) is 2.64.